The number of hydrogen-bond donors (Lipinski definition) is 0. The number of nitrogens with zero attached hydrogens (tertiary/aromatic N) is 2. The zero-order valence-electron chi connectivity index (χ0n) is 4.43. The fraction of sp³-hybridized carbons (Fsp3) is 0. The molecule has 0 amide bonds. The minimum Gasteiger partial charge on any atom is -0.244 e. The summed E-state index contributed by atoms with van der Waals surface area (Å²) in [6.45, 7) is 0. The number of pyridine rings is 1. The minimum atomic E-state index is 0.231. The molecule has 43 valence electrons. The van der Waals surface area contributed by atoms with Crippen molar-refractivity contribution < 1.29 is 0 Å². The van der Waals surface area contributed by atoms with Gasteiger partial charge in [-0.1, -0.05) is 11.6 Å². The molecule has 0 spiro atoms. The molecule has 0 aromatic carbocycles. The van der Waals surface area contributed by atoms with E-state index in [2.05, 4.69) is 11.1 Å². The van der Waals surface area contributed by atoms with Gasteiger partial charge in [-0.05, 0) is 6.07 Å². The van der Waals surface area contributed by atoms with E-state index < -0.39 is 0 Å². The maximum atomic E-state index is 8.29. The lowest BCUT2D eigenvalue weighted by Crippen LogP contribution is -1.76. The predicted octanol–water partition coefficient (Wildman–Crippen LogP) is 1.41. The Bertz CT molecular complexity index is 251. The summed E-state index contributed by atoms with van der Waals surface area (Å²) in [5.41, 5.74) is 0.412. The molecule has 1 rings (SSSR count). The first-order chi connectivity index (χ1) is 4.33. The molecule has 0 N–H and O–H groups in total. The molecule has 1 aromatic rings. The molecule has 1 radical (unpaired) electrons. The third-order valence-corrected chi connectivity index (χ3v) is 0.979. The summed E-state index contributed by atoms with van der Waals surface area (Å²) in [7, 11) is 0. The number of aromatic nitrogens is 1. The molecule has 1 heterocycles. The quantitative estimate of drug-likeness (QED) is 0.507. The normalized spacial score (nSPS) is 8.44. The fourth-order valence-corrected chi connectivity index (χ4v) is 0.586. The van der Waals surface area contributed by atoms with Crippen LogP contribution in [0.5, 0.6) is 0 Å². The molecule has 0 saturated heterocycles. The van der Waals surface area contributed by atoms with Crippen molar-refractivity contribution in [2.24, 2.45) is 0 Å². The summed E-state index contributed by atoms with van der Waals surface area (Å²) >= 11 is 5.41. The van der Waals surface area contributed by atoms with Crippen LogP contribution in [0.25, 0.3) is 0 Å². The van der Waals surface area contributed by atoms with Crippen LogP contribution in [0.1, 0.15) is 5.56 Å². The number of rotatable bonds is 0. The molecule has 0 fully saturated rings. The SMILES string of the molecule is N#Cc1[c]c(Cl)ncc1. The van der Waals surface area contributed by atoms with Crippen LogP contribution in [0, 0.1) is 17.4 Å². The average Bonchev–Trinajstić information content (AvgIpc) is 1.88. The maximum absolute atomic E-state index is 8.29. The largest absolute Gasteiger partial charge is 0.244 e. The topological polar surface area (TPSA) is 36.7 Å². The van der Waals surface area contributed by atoms with Gasteiger partial charge in [0.05, 0.1) is 11.6 Å². The third kappa shape index (κ3) is 1.41. The fourth-order valence-electron chi connectivity index (χ4n) is 0.428. The van der Waals surface area contributed by atoms with Crippen molar-refractivity contribution in [1.29, 1.82) is 5.26 Å². The molecule has 0 saturated carbocycles. The van der Waals surface area contributed by atoms with Crippen LogP contribution in [0.15, 0.2) is 12.3 Å². The Hall–Kier alpha value is -1.07. The predicted molar refractivity (Wildman–Crippen MR) is 32.8 cm³/mol. The Labute approximate surface area is 57.7 Å². The van der Waals surface area contributed by atoms with Crippen molar-refractivity contribution in [3.63, 3.8) is 0 Å². The lowest BCUT2D eigenvalue weighted by atomic mass is 10.3. The van der Waals surface area contributed by atoms with Gasteiger partial charge in [0.1, 0.15) is 5.15 Å². The van der Waals surface area contributed by atoms with Crippen LogP contribution in [-0.4, -0.2) is 4.98 Å². The molecule has 2 nitrogen and oxygen atoms in total. The van der Waals surface area contributed by atoms with Gasteiger partial charge in [-0.15, -0.1) is 0 Å². The average molecular weight is 138 g/mol. The molecule has 0 unspecified atom stereocenters. The summed E-state index contributed by atoms with van der Waals surface area (Å²) in [5.74, 6) is 0. The molecule has 3 heteroatoms. The maximum Gasteiger partial charge on any atom is 0.138 e. The lowest BCUT2D eigenvalue weighted by molar-refractivity contribution is 1.30. The van der Waals surface area contributed by atoms with Crippen LogP contribution in [0.4, 0.5) is 0 Å². The first-order valence-corrected chi connectivity index (χ1v) is 2.64. The van der Waals surface area contributed by atoms with Crippen LogP contribution in [-0.2, 0) is 0 Å². The van der Waals surface area contributed by atoms with Gasteiger partial charge in [-0.2, -0.15) is 5.26 Å². The van der Waals surface area contributed by atoms with Crippen LogP contribution in [0.2, 0.25) is 5.15 Å². The van der Waals surface area contributed by atoms with Gasteiger partial charge in [-0.25, -0.2) is 4.98 Å². The summed E-state index contributed by atoms with van der Waals surface area (Å²) in [6, 6.07) is 5.99. The Morgan fingerprint density at radius 2 is 2.56 bits per heavy atom. The molecule has 0 bridgehead atoms. The van der Waals surface area contributed by atoms with Gasteiger partial charge in [0.25, 0.3) is 0 Å². The zero-order valence-corrected chi connectivity index (χ0v) is 5.18. The van der Waals surface area contributed by atoms with E-state index >= 15 is 0 Å². The molecule has 9 heavy (non-hydrogen) atoms. The van der Waals surface area contributed by atoms with Crippen molar-refractivity contribution in [2.45, 2.75) is 0 Å². The van der Waals surface area contributed by atoms with Crippen LogP contribution in [0.3, 0.4) is 0 Å². The van der Waals surface area contributed by atoms with E-state index in [9.17, 15) is 0 Å². The van der Waals surface area contributed by atoms with Crippen molar-refractivity contribution in [3.05, 3.63) is 29.0 Å². The van der Waals surface area contributed by atoms with Crippen molar-refractivity contribution in [3.8, 4) is 6.07 Å². The standard InChI is InChI=1S/C6H2ClN2/c7-6-3-5(4-8)1-2-9-6/h1-2H. The highest BCUT2D eigenvalue weighted by molar-refractivity contribution is 6.29. The molecular formula is C6H2ClN2. The molecule has 0 atom stereocenters. The smallest absolute Gasteiger partial charge is 0.138 e. The second kappa shape index (κ2) is 2.47. The van der Waals surface area contributed by atoms with Crippen molar-refractivity contribution in [2.75, 3.05) is 0 Å². The van der Waals surface area contributed by atoms with Gasteiger partial charge >= 0.3 is 0 Å². The van der Waals surface area contributed by atoms with E-state index in [0.29, 0.717) is 5.56 Å². The number of hydrogen-bond acceptors (Lipinski definition) is 2. The van der Waals surface area contributed by atoms with Crippen LogP contribution >= 0.6 is 11.6 Å². The molecule has 1 aromatic heterocycles. The summed E-state index contributed by atoms with van der Waals surface area (Å²) in [5, 5.41) is 8.52. The van der Waals surface area contributed by atoms with E-state index in [-0.39, 0.29) is 5.15 Å². The molecule has 0 aliphatic carbocycles. The van der Waals surface area contributed by atoms with E-state index in [1.54, 1.807) is 6.07 Å². The zero-order chi connectivity index (χ0) is 6.69. The lowest BCUT2D eigenvalue weighted by Gasteiger charge is -1.84. The van der Waals surface area contributed by atoms with E-state index in [4.69, 9.17) is 16.9 Å². The highest BCUT2D eigenvalue weighted by Crippen LogP contribution is 2.03. The second-order valence-electron chi connectivity index (χ2n) is 1.39. The van der Waals surface area contributed by atoms with Gasteiger partial charge in [0, 0.05) is 12.3 Å². The highest BCUT2D eigenvalue weighted by Gasteiger charge is 1.90. The highest BCUT2D eigenvalue weighted by atomic mass is 35.5. The third-order valence-electron chi connectivity index (χ3n) is 0.787. The van der Waals surface area contributed by atoms with Crippen molar-refractivity contribution >= 4 is 11.6 Å². The Morgan fingerprint density at radius 1 is 1.78 bits per heavy atom. The molecule has 0 aliphatic rings. The first kappa shape index (κ1) is 6.06. The van der Waals surface area contributed by atoms with E-state index in [0.717, 1.165) is 0 Å². The Balaban J connectivity index is 3.12. The monoisotopic (exact) mass is 137 g/mol. The van der Waals surface area contributed by atoms with Gasteiger partial charge < -0.3 is 0 Å². The summed E-state index contributed by atoms with van der Waals surface area (Å²) < 4.78 is 0. The Kier molecular flexibility index (Phi) is 1.66. The summed E-state index contributed by atoms with van der Waals surface area (Å²) in [4.78, 5) is 3.65. The molecular weight excluding hydrogens is 136 g/mol. The van der Waals surface area contributed by atoms with Crippen LogP contribution < -0.4 is 0 Å². The first-order valence-electron chi connectivity index (χ1n) is 2.27. The Morgan fingerprint density at radius 3 is 3.00 bits per heavy atom. The number of nitriles is 1. The van der Waals surface area contributed by atoms with Crippen molar-refractivity contribution in [1.82, 2.24) is 4.98 Å². The van der Waals surface area contributed by atoms with Gasteiger partial charge in [0.15, 0.2) is 0 Å². The molecule has 0 aliphatic heterocycles. The van der Waals surface area contributed by atoms with E-state index in [1.165, 1.54) is 6.20 Å². The van der Waals surface area contributed by atoms with Gasteiger partial charge in [-0.3, -0.25) is 0 Å². The van der Waals surface area contributed by atoms with E-state index in [1.807, 2.05) is 6.07 Å². The minimum absolute atomic E-state index is 0.231. The summed E-state index contributed by atoms with van der Waals surface area (Å²) in [6.07, 6.45) is 1.47. The second-order valence-corrected chi connectivity index (χ2v) is 1.74. The van der Waals surface area contributed by atoms with Gasteiger partial charge in [0.2, 0.25) is 0 Å². The number of halogens is 1.